The van der Waals surface area contributed by atoms with Crippen molar-refractivity contribution in [2.75, 3.05) is 24.6 Å². The van der Waals surface area contributed by atoms with Gasteiger partial charge in [-0.25, -0.2) is 9.37 Å². The Morgan fingerprint density at radius 3 is 2.55 bits per heavy atom. The maximum Gasteiger partial charge on any atom is 0.255 e. The van der Waals surface area contributed by atoms with Crippen molar-refractivity contribution in [1.29, 1.82) is 0 Å². The molecule has 0 unspecified atom stereocenters. The molecule has 1 saturated heterocycles. The van der Waals surface area contributed by atoms with Crippen molar-refractivity contribution in [3.05, 3.63) is 65.3 Å². The summed E-state index contributed by atoms with van der Waals surface area (Å²) in [4.78, 5) is 18.4. The van der Waals surface area contributed by atoms with Crippen LogP contribution in [0.2, 0.25) is 0 Å². The molecule has 2 N–H and O–H groups in total. The largest absolute Gasteiger partial charge is 0.473 e. The third kappa shape index (κ3) is 4.87. The van der Waals surface area contributed by atoms with Gasteiger partial charge in [-0.15, -0.1) is 0 Å². The number of rotatable bonds is 5. The second kappa shape index (κ2) is 8.66. The Balaban J connectivity index is 1.41. The first-order valence-corrected chi connectivity index (χ1v) is 11.5. The number of nitrogens with zero attached hydrogens (tertiary/aromatic N) is 3. The lowest BCUT2D eigenvalue weighted by Gasteiger charge is -2.40. The Morgan fingerprint density at radius 2 is 1.90 bits per heavy atom. The third-order valence-corrected chi connectivity index (χ3v) is 6.79. The Morgan fingerprint density at radius 1 is 1.19 bits per heavy atom. The van der Waals surface area contributed by atoms with Crippen LogP contribution in [-0.2, 0) is 6.61 Å². The quantitative estimate of drug-likeness (QED) is 0.609. The first kappa shape index (κ1) is 21.3. The van der Waals surface area contributed by atoms with Crippen molar-refractivity contribution in [1.82, 2.24) is 15.0 Å². The van der Waals surface area contributed by atoms with E-state index in [2.05, 4.69) is 10.1 Å². The molecule has 0 atom stereocenters. The predicted molar refractivity (Wildman–Crippen MR) is 114 cm³/mol. The summed E-state index contributed by atoms with van der Waals surface area (Å²) in [5, 5.41) is 4.05. The van der Waals surface area contributed by atoms with E-state index >= 15 is 0 Å². The molecule has 3 aromatic rings. The van der Waals surface area contributed by atoms with Gasteiger partial charge in [0.05, 0.1) is 22.6 Å². The Kier molecular flexibility index (Phi) is 5.94. The molecule has 31 heavy (non-hydrogen) atoms. The standard InChI is InChI=1S/C21H22FN3O5S/c1-14-18(20(24-30-14)15-2-5-17(22)6-3-15)13-29-19-7-4-16(12-23-19)21(26)25-8-10-31(27,28)11-9-25/h2-7,12,27-28H,8-11,13H2,1H3. The normalized spacial score (nSPS) is 16.7. The molecule has 8 nitrogen and oxygen atoms in total. The molecule has 0 bridgehead atoms. The molecule has 0 radical (unpaired) electrons. The number of amides is 1. The molecule has 1 aliphatic heterocycles. The van der Waals surface area contributed by atoms with Crippen molar-refractivity contribution in [2.45, 2.75) is 13.5 Å². The zero-order valence-electron chi connectivity index (χ0n) is 16.8. The lowest BCUT2D eigenvalue weighted by Crippen LogP contribution is -2.42. The summed E-state index contributed by atoms with van der Waals surface area (Å²) in [7, 11) is -2.56. The molecular weight excluding hydrogens is 425 g/mol. The van der Waals surface area contributed by atoms with E-state index in [4.69, 9.17) is 9.26 Å². The van der Waals surface area contributed by atoms with Gasteiger partial charge >= 0.3 is 0 Å². The SMILES string of the molecule is Cc1onc(-c2ccc(F)cc2)c1COc1ccc(C(=O)N2CCS(O)(O)CC2)cn1. The van der Waals surface area contributed by atoms with Crippen LogP contribution in [0.25, 0.3) is 11.3 Å². The van der Waals surface area contributed by atoms with Gasteiger partial charge in [0.1, 0.15) is 23.9 Å². The Bertz CT molecular complexity index is 1060. The number of benzene rings is 1. The van der Waals surface area contributed by atoms with E-state index < -0.39 is 10.6 Å². The van der Waals surface area contributed by atoms with E-state index in [0.29, 0.717) is 41.6 Å². The summed E-state index contributed by atoms with van der Waals surface area (Å²) in [6.45, 7) is 2.52. The van der Waals surface area contributed by atoms with E-state index in [1.54, 1.807) is 36.1 Å². The first-order valence-electron chi connectivity index (χ1n) is 9.65. The molecule has 164 valence electrons. The number of aromatic nitrogens is 2. The molecule has 2 aromatic heterocycles. The van der Waals surface area contributed by atoms with Crippen LogP contribution in [0.15, 0.2) is 47.1 Å². The molecule has 3 heterocycles. The van der Waals surface area contributed by atoms with Crippen LogP contribution < -0.4 is 4.74 Å². The first-order chi connectivity index (χ1) is 14.8. The predicted octanol–water partition coefficient (Wildman–Crippen LogP) is 3.97. The van der Waals surface area contributed by atoms with Crippen molar-refractivity contribution >= 4 is 16.5 Å². The van der Waals surface area contributed by atoms with Gasteiger partial charge in [-0.1, -0.05) is 5.16 Å². The van der Waals surface area contributed by atoms with Crippen LogP contribution in [0.4, 0.5) is 4.39 Å². The van der Waals surface area contributed by atoms with Gasteiger partial charge in [-0.3, -0.25) is 13.9 Å². The smallest absolute Gasteiger partial charge is 0.255 e. The number of hydrogen-bond acceptors (Lipinski definition) is 7. The third-order valence-electron chi connectivity index (χ3n) is 5.11. The Labute approximate surface area is 180 Å². The molecule has 0 saturated carbocycles. The molecule has 1 fully saturated rings. The minimum Gasteiger partial charge on any atom is -0.473 e. The van der Waals surface area contributed by atoms with Crippen LogP contribution in [0.1, 0.15) is 21.7 Å². The average Bonchev–Trinajstić information content (AvgIpc) is 3.13. The number of ether oxygens (including phenoxy) is 1. The molecule has 0 aliphatic carbocycles. The summed E-state index contributed by atoms with van der Waals surface area (Å²) in [5.41, 5.74) is 2.41. The lowest BCUT2D eigenvalue weighted by atomic mass is 10.1. The maximum atomic E-state index is 13.2. The van der Waals surface area contributed by atoms with Gasteiger partial charge < -0.3 is 14.2 Å². The molecule has 4 rings (SSSR count). The summed E-state index contributed by atoms with van der Waals surface area (Å²) in [6.07, 6.45) is 1.44. The summed E-state index contributed by atoms with van der Waals surface area (Å²) in [6, 6.07) is 9.17. The zero-order valence-corrected chi connectivity index (χ0v) is 17.6. The van der Waals surface area contributed by atoms with Gasteiger partial charge in [0.15, 0.2) is 0 Å². The maximum absolute atomic E-state index is 13.2. The summed E-state index contributed by atoms with van der Waals surface area (Å²) >= 11 is 0. The number of carbonyl (C=O) groups is 1. The fraction of sp³-hybridized carbons (Fsp3) is 0.286. The van der Waals surface area contributed by atoms with E-state index in [0.717, 1.165) is 5.56 Å². The molecule has 1 aromatic carbocycles. The van der Waals surface area contributed by atoms with Crippen LogP contribution in [-0.4, -0.2) is 54.6 Å². The molecular formula is C21H22FN3O5S. The van der Waals surface area contributed by atoms with E-state index in [9.17, 15) is 18.3 Å². The van der Waals surface area contributed by atoms with E-state index in [-0.39, 0.29) is 29.8 Å². The number of aryl methyl sites for hydroxylation is 1. The number of hydrogen-bond donors (Lipinski definition) is 2. The number of halogens is 1. The number of pyridine rings is 1. The molecule has 1 aliphatic rings. The van der Waals surface area contributed by atoms with Gasteiger partial charge in [0.25, 0.3) is 5.91 Å². The highest BCUT2D eigenvalue weighted by molar-refractivity contribution is 8.24. The second-order valence-corrected chi connectivity index (χ2v) is 9.67. The minimum absolute atomic E-state index is 0.145. The van der Waals surface area contributed by atoms with Crippen LogP contribution in [0.3, 0.4) is 0 Å². The highest BCUT2D eigenvalue weighted by Gasteiger charge is 2.26. The highest BCUT2D eigenvalue weighted by Crippen LogP contribution is 2.40. The monoisotopic (exact) mass is 447 g/mol. The summed E-state index contributed by atoms with van der Waals surface area (Å²) in [5.74, 6) is 0.766. The fourth-order valence-electron chi connectivity index (χ4n) is 3.25. The van der Waals surface area contributed by atoms with Gasteiger partial charge in [0.2, 0.25) is 5.88 Å². The summed E-state index contributed by atoms with van der Waals surface area (Å²) < 4.78 is 43.6. The average molecular weight is 447 g/mol. The van der Waals surface area contributed by atoms with Gasteiger partial charge in [-0.05, 0) is 37.3 Å². The van der Waals surface area contributed by atoms with Crippen molar-refractivity contribution in [3.63, 3.8) is 0 Å². The topological polar surface area (TPSA) is 109 Å². The Hall–Kier alpha value is -2.95. The molecule has 10 heteroatoms. The van der Waals surface area contributed by atoms with Crippen LogP contribution in [0, 0.1) is 12.7 Å². The van der Waals surface area contributed by atoms with Gasteiger partial charge in [-0.2, -0.15) is 10.6 Å². The fourth-order valence-corrected chi connectivity index (χ4v) is 4.48. The van der Waals surface area contributed by atoms with Crippen molar-refractivity contribution in [3.8, 4) is 17.1 Å². The molecule has 0 spiro atoms. The van der Waals surface area contributed by atoms with Crippen molar-refractivity contribution in [2.24, 2.45) is 0 Å². The van der Waals surface area contributed by atoms with E-state index in [1.807, 2.05) is 0 Å². The highest BCUT2D eigenvalue weighted by atomic mass is 32.3. The van der Waals surface area contributed by atoms with Crippen LogP contribution in [0.5, 0.6) is 5.88 Å². The van der Waals surface area contributed by atoms with E-state index in [1.165, 1.54) is 18.3 Å². The molecule has 1 amide bonds. The lowest BCUT2D eigenvalue weighted by molar-refractivity contribution is 0.0767. The van der Waals surface area contributed by atoms with Crippen molar-refractivity contribution < 1.29 is 27.6 Å². The number of carbonyl (C=O) groups excluding carboxylic acids is 1. The van der Waals surface area contributed by atoms with Gasteiger partial charge in [0, 0.05) is 30.9 Å². The minimum atomic E-state index is -2.56. The zero-order chi connectivity index (χ0) is 22.0. The second-order valence-electron chi connectivity index (χ2n) is 7.25. The van der Waals surface area contributed by atoms with Crippen LogP contribution >= 0.6 is 10.6 Å².